The van der Waals surface area contributed by atoms with Gasteiger partial charge in [0.25, 0.3) is 5.91 Å². The normalized spacial score (nSPS) is 14.7. The van der Waals surface area contributed by atoms with Gasteiger partial charge in [-0.2, -0.15) is 0 Å². The Morgan fingerprint density at radius 1 is 0.457 bits per heavy atom. The predicted molar refractivity (Wildman–Crippen MR) is 260 cm³/mol. The molecule has 2 rings (SSSR count). The molecule has 0 spiro atoms. The molecule has 9 amide bonds. The SMILES string of the molecule is CC[C@H](NC(=O)[C@H](C)NC(=O)[C@H](CCCCN)NC(=O)c1ccc(N)cc1)C(=O)N[C@@H](Cc1ccccc1)C(=O)N[C@@H](C)C(=O)N[C@@H](C)C(=O)N[C@@H](C)C(=O)N[C@@H](C)C(=O)N[C@@H](CCCCN)C(=O)O. The summed E-state index contributed by atoms with van der Waals surface area (Å²) < 4.78 is 0. The Hall–Kier alpha value is -7.14. The number of nitrogens with two attached hydrogens (primary N) is 3. The Labute approximate surface area is 408 Å². The van der Waals surface area contributed by atoms with Crippen molar-refractivity contribution >= 4 is 64.8 Å². The standard InChI is InChI=1S/C47H72N12O11/c1-7-34(56-41(63)30(6)54-45(67)35(17-11-13-23-48)57-43(65)32-19-21-33(50)22-20-32)44(66)59-37(25-31-15-9-8-10-16-31)46(68)55-28(4)40(62)52-26(2)38(60)51-27(3)39(61)53-29(5)42(64)58-36(47(69)70)18-12-14-24-49/h8-10,15-16,19-22,26-30,34-37H,7,11-14,17-18,23-25,48-50H2,1-6H3,(H,51,60)(H,52,62)(H,53,61)(H,54,67)(H,55,68)(H,56,63)(H,57,65)(H,58,64)(H,59,66)(H,69,70)/t26-,27-,28-,29-,30-,34-,35-,36-,37-/m0/s1. The molecule has 0 radical (unpaired) electrons. The molecule has 0 saturated heterocycles. The summed E-state index contributed by atoms with van der Waals surface area (Å²) in [6.45, 7) is 9.15. The van der Waals surface area contributed by atoms with Gasteiger partial charge in [0.1, 0.15) is 54.4 Å². The molecule has 2 aromatic rings. The summed E-state index contributed by atoms with van der Waals surface area (Å²) in [4.78, 5) is 131. The van der Waals surface area contributed by atoms with Crippen molar-refractivity contribution in [3.05, 3.63) is 65.7 Å². The van der Waals surface area contributed by atoms with Gasteiger partial charge in [0.15, 0.2) is 0 Å². The van der Waals surface area contributed by atoms with Gasteiger partial charge < -0.3 is 70.2 Å². The van der Waals surface area contributed by atoms with Crippen LogP contribution in [-0.2, 0) is 49.6 Å². The maximum absolute atomic E-state index is 13.8. The van der Waals surface area contributed by atoms with Crippen LogP contribution in [0.4, 0.5) is 5.69 Å². The van der Waals surface area contributed by atoms with Crippen LogP contribution < -0.4 is 65.1 Å². The Kier molecular flexibility index (Phi) is 25.6. The first kappa shape index (κ1) is 59.0. The topological polar surface area (TPSA) is 377 Å². The molecule has 2 aromatic carbocycles. The second-order valence-corrected chi connectivity index (χ2v) is 17.0. The van der Waals surface area contributed by atoms with Gasteiger partial charge in [-0.1, -0.05) is 37.3 Å². The summed E-state index contributed by atoms with van der Waals surface area (Å²) in [6.07, 6.45) is 2.57. The summed E-state index contributed by atoms with van der Waals surface area (Å²) >= 11 is 0. The lowest BCUT2D eigenvalue weighted by Gasteiger charge is -2.26. The second-order valence-electron chi connectivity index (χ2n) is 17.0. The van der Waals surface area contributed by atoms with Gasteiger partial charge in [-0.15, -0.1) is 0 Å². The van der Waals surface area contributed by atoms with Crippen molar-refractivity contribution in [2.75, 3.05) is 18.8 Å². The molecular formula is C47H72N12O11. The molecule has 9 atom stereocenters. The fraction of sp³-hybridized carbons (Fsp3) is 0.532. The summed E-state index contributed by atoms with van der Waals surface area (Å²) in [5, 5.41) is 32.2. The van der Waals surface area contributed by atoms with E-state index in [9.17, 15) is 53.1 Å². The van der Waals surface area contributed by atoms with E-state index in [2.05, 4.69) is 47.9 Å². The van der Waals surface area contributed by atoms with Gasteiger partial charge in [0, 0.05) is 17.7 Å². The number of rotatable bonds is 30. The van der Waals surface area contributed by atoms with Crippen LogP contribution in [0.2, 0.25) is 0 Å². The largest absolute Gasteiger partial charge is 0.480 e. The number of carboxylic acid groups (broad SMARTS) is 1. The lowest BCUT2D eigenvalue weighted by molar-refractivity contribution is -0.142. The van der Waals surface area contributed by atoms with Crippen LogP contribution in [0, 0.1) is 0 Å². The van der Waals surface area contributed by atoms with Crippen LogP contribution in [0.15, 0.2) is 54.6 Å². The smallest absolute Gasteiger partial charge is 0.326 e. The molecule has 0 unspecified atom stereocenters. The van der Waals surface area contributed by atoms with Crippen molar-refractivity contribution in [3.63, 3.8) is 0 Å². The minimum absolute atomic E-state index is 0.0226. The Morgan fingerprint density at radius 3 is 1.26 bits per heavy atom. The van der Waals surface area contributed by atoms with Crippen molar-refractivity contribution in [1.82, 2.24) is 47.9 Å². The molecule has 0 aliphatic heterocycles. The number of amides is 9. The first-order valence-corrected chi connectivity index (χ1v) is 23.4. The highest BCUT2D eigenvalue weighted by Gasteiger charge is 2.32. The van der Waals surface area contributed by atoms with E-state index in [4.69, 9.17) is 17.2 Å². The molecule has 0 aromatic heterocycles. The van der Waals surface area contributed by atoms with Crippen LogP contribution in [0.3, 0.4) is 0 Å². The quantitative estimate of drug-likeness (QED) is 0.0308. The Balaban J connectivity index is 2.05. The molecule has 386 valence electrons. The maximum Gasteiger partial charge on any atom is 0.326 e. The molecule has 0 heterocycles. The number of nitrogen functional groups attached to an aromatic ring is 1. The van der Waals surface area contributed by atoms with E-state index in [1.807, 2.05) is 0 Å². The summed E-state index contributed by atoms with van der Waals surface area (Å²) in [6, 6.07) is 4.20. The van der Waals surface area contributed by atoms with E-state index < -0.39 is 114 Å². The number of unbranched alkanes of at least 4 members (excludes halogenated alkanes) is 2. The van der Waals surface area contributed by atoms with Crippen molar-refractivity contribution in [2.24, 2.45) is 11.5 Å². The number of anilines is 1. The third-order valence-corrected chi connectivity index (χ3v) is 11.0. The maximum atomic E-state index is 13.8. The molecule has 16 N–H and O–H groups in total. The minimum atomic E-state index is -1.26. The van der Waals surface area contributed by atoms with Crippen molar-refractivity contribution < 1.29 is 53.1 Å². The number of nitrogens with one attached hydrogen (secondary N) is 9. The average molecular weight is 981 g/mol. The first-order valence-electron chi connectivity index (χ1n) is 23.4. The summed E-state index contributed by atoms with van der Waals surface area (Å²) in [5.74, 6) is -7.71. The van der Waals surface area contributed by atoms with Gasteiger partial charge >= 0.3 is 5.97 Å². The first-order chi connectivity index (χ1) is 33.1. The lowest BCUT2D eigenvalue weighted by Crippen LogP contribution is -2.59. The van der Waals surface area contributed by atoms with Crippen molar-refractivity contribution in [2.45, 2.75) is 147 Å². The van der Waals surface area contributed by atoms with Gasteiger partial charge in [-0.05, 0) is 122 Å². The van der Waals surface area contributed by atoms with E-state index in [1.54, 1.807) is 49.4 Å². The van der Waals surface area contributed by atoms with Crippen LogP contribution in [0.1, 0.15) is 102 Å². The number of hydrogen-bond acceptors (Lipinski definition) is 13. The third-order valence-electron chi connectivity index (χ3n) is 11.0. The highest BCUT2D eigenvalue weighted by atomic mass is 16.4. The minimum Gasteiger partial charge on any atom is -0.480 e. The molecule has 0 fully saturated rings. The Morgan fingerprint density at radius 2 is 0.829 bits per heavy atom. The van der Waals surface area contributed by atoms with Crippen molar-refractivity contribution in [3.8, 4) is 0 Å². The number of hydrogen-bond donors (Lipinski definition) is 13. The number of carboxylic acids is 1. The lowest BCUT2D eigenvalue weighted by atomic mass is 10.0. The molecule has 0 aliphatic rings. The number of aliphatic carboxylic acids is 1. The predicted octanol–water partition coefficient (Wildman–Crippen LogP) is -1.66. The summed E-state index contributed by atoms with van der Waals surface area (Å²) in [5.41, 5.74) is 18.2. The van der Waals surface area contributed by atoms with Gasteiger partial charge in [0.05, 0.1) is 0 Å². The number of benzene rings is 2. The zero-order valence-corrected chi connectivity index (χ0v) is 40.7. The van der Waals surface area contributed by atoms with E-state index in [1.165, 1.54) is 46.8 Å². The van der Waals surface area contributed by atoms with Gasteiger partial charge in [0.2, 0.25) is 47.3 Å². The monoisotopic (exact) mass is 981 g/mol. The number of carbonyl (C=O) groups excluding carboxylic acids is 9. The zero-order valence-electron chi connectivity index (χ0n) is 40.7. The molecule has 23 heteroatoms. The molecule has 0 bridgehead atoms. The zero-order chi connectivity index (χ0) is 52.5. The highest BCUT2D eigenvalue weighted by Crippen LogP contribution is 2.10. The highest BCUT2D eigenvalue weighted by molar-refractivity contribution is 6.00. The second kappa shape index (κ2) is 30.4. The van der Waals surface area contributed by atoms with E-state index in [0.717, 1.165) is 0 Å². The van der Waals surface area contributed by atoms with E-state index in [-0.39, 0.29) is 31.2 Å². The van der Waals surface area contributed by atoms with Crippen molar-refractivity contribution in [1.29, 1.82) is 0 Å². The Bertz CT molecular complexity index is 2090. The molecular weight excluding hydrogens is 909 g/mol. The van der Waals surface area contributed by atoms with E-state index in [0.29, 0.717) is 50.0 Å². The molecule has 23 nitrogen and oxygen atoms in total. The van der Waals surface area contributed by atoms with Crippen LogP contribution in [-0.4, -0.2) is 132 Å². The van der Waals surface area contributed by atoms with Crippen LogP contribution in [0.5, 0.6) is 0 Å². The van der Waals surface area contributed by atoms with Gasteiger partial charge in [-0.3, -0.25) is 43.2 Å². The summed E-state index contributed by atoms with van der Waals surface area (Å²) in [7, 11) is 0. The van der Waals surface area contributed by atoms with Gasteiger partial charge in [-0.25, -0.2) is 4.79 Å². The van der Waals surface area contributed by atoms with Crippen LogP contribution in [0.25, 0.3) is 0 Å². The molecule has 0 aliphatic carbocycles. The van der Waals surface area contributed by atoms with Crippen LogP contribution >= 0.6 is 0 Å². The average Bonchev–Trinajstić information content (AvgIpc) is 3.32. The molecule has 0 saturated carbocycles. The van der Waals surface area contributed by atoms with E-state index >= 15 is 0 Å². The fourth-order valence-corrected chi connectivity index (χ4v) is 6.64. The number of carbonyl (C=O) groups is 10. The third kappa shape index (κ3) is 20.6. The molecule has 70 heavy (non-hydrogen) atoms. The fourth-order valence-electron chi connectivity index (χ4n) is 6.64.